The van der Waals surface area contributed by atoms with Crippen molar-refractivity contribution in [2.45, 2.75) is 44.2 Å². The summed E-state index contributed by atoms with van der Waals surface area (Å²) < 4.78 is 5.16. The number of hydrogen-bond donors (Lipinski definition) is 4. The van der Waals surface area contributed by atoms with E-state index in [2.05, 4.69) is 5.32 Å². The largest absolute Gasteiger partial charge is 0.388 e. The molecule has 0 aromatic heterocycles. The molecule has 0 saturated carbocycles. The SMILES string of the molecule is CC(=O)NCC[C@@]1(O)C(C)OCC(O)C1O. The van der Waals surface area contributed by atoms with Crippen LogP contribution in [-0.4, -0.2) is 58.3 Å². The molecule has 3 unspecified atom stereocenters. The average Bonchev–Trinajstić information content (AvgIpc) is 2.21. The summed E-state index contributed by atoms with van der Waals surface area (Å²) in [7, 11) is 0. The Bertz CT molecular complexity index is 260. The first-order valence-corrected chi connectivity index (χ1v) is 5.32. The number of hydrogen-bond acceptors (Lipinski definition) is 5. The lowest BCUT2D eigenvalue weighted by atomic mass is 9.82. The molecule has 1 aliphatic heterocycles. The quantitative estimate of drug-likeness (QED) is 0.470. The van der Waals surface area contributed by atoms with Crippen molar-refractivity contribution in [3.05, 3.63) is 0 Å². The summed E-state index contributed by atoms with van der Waals surface area (Å²) in [5.74, 6) is -0.206. The monoisotopic (exact) mass is 233 g/mol. The molecular formula is C10H19NO5. The molecule has 1 aliphatic rings. The van der Waals surface area contributed by atoms with Crippen molar-refractivity contribution in [2.24, 2.45) is 0 Å². The molecule has 1 amide bonds. The van der Waals surface area contributed by atoms with Gasteiger partial charge in [0.05, 0.1) is 12.7 Å². The van der Waals surface area contributed by atoms with Gasteiger partial charge in [0.2, 0.25) is 5.91 Å². The lowest BCUT2D eigenvalue weighted by Crippen LogP contribution is -2.62. The third-order valence-corrected chi connectivity index (χ3v) is 3.00. The maximum absolute atomic E-state index is 10.7. The van der Waals surface area contributed by atoms with E-state index in [0.717, 1.165) is 0 Å². The van der Waals surface area contributed by atoms with Crippen molar-refractivity contribution >= 4 is 5.91 Å². The predicted octanol–water partition coefficient (Wildman–Crippen LogP) is -1.62. The van der Waals surface area contributed by atoms with Crippen LogP contribution in [0.2, 0.25) is 0 Å². The standard InChI is InChI=1S/C10H19NO5/c1-6-10(15,3-4-11-7(2)12)9(14)8(13)5-16-6/h6,8-9,13-15H,3-5H2,1-2H3,(H,11,12)/t6?,8?,9?,10-/m1/s1. The van der Waals surface area contributed by atoms with Gasteiger partial charge in [0.15, 0.2) is 0 Å². The van der Waals surface area contributed by atoms with Crippen molar-refractivity contribution in [1.82, 2.24) is 5.32 Å². The van der Waals surface area contributed by atoms with E-state index in [0.29, 0.717) is 0 Å². The number of ether oxygens (including phenoxy) is 1. The van der Waals surface area contributed by atoms with Gasteiger partial charge in [-0.1, -0.05) is 0 Å². The van der Waals surface area contributed by atoms with Crippen molar-refractivity contribution < 1.29 is 24.9 Å². The smallest absolute Gasteiger partial charge is 0.216 e. The zero-order valence-corrected chi connectivity index (χ0v) is 9.51. The second-order valence-electron chi connectivity index (χ2n) is 4.21. The van der Waals surface area contributed by atoms with Gasteiger partial charge in [0.25, 0.3) is 0 Å². The Morgan fingerprint density at radius 3 is 2.75 bits per heavy atom. The van der Waals surface area contributed by atoms with E-state index >= 15 is 0 Å². The van der Waals surface area contributed by atoms with Crippen molar-refractivity contribution in [3.63, 3.8) is 0 Å². The molecule has 1 saturated heterocycles. The van der Waals surface area contributed by atoms with Gasteiger partial charge in [0.1, 0.15) is 17.8 Å². The summed E-state index contributed by atoms with van der Waals surface area (Å²) in [6, 6.07) is 0. The minimum Gasteiger partial charge on any atom is -0.388 e. The average molecular weight is 233 g/mol. The van der Waals surface area contributed by atoms with Crippen LogP contribution in [-0.2, 0) is 9.53 Å². The molecule has 1 heterocycles. The van der Waals surface area contributed by atoms with Crippen LogP contribution >= 0.6 is 0 Å². The molecule has 0 aromatic carbocycles. The van der Waals surface area contributed by atoms with E-state index in [4.69, 9.17) is 4.74 Å². The molecule has 94 valence electrons. The van der Waals surface area contributed by atoms with Crippen molar-refractivity contribution in [2.75, 3.05) is 13.2 Å². The van der Waals surface area contributed by atoms with E-state index in [9.17, 15) is 20.1 Å². The Kier molecular flexibility index (Phi) is 4.26. The lowest BCUT2D eigenvalue weighted by molar-refractivity contribution is -0.239. The fourth-order valence-corrected chi connectivity index (χ4v) is 1.84. The van der Waals surface area contributed by atoms with Gasteiger partial charge in [-0.05, 0) is 13.3 Å². The Morgan fingerprint density at radius 1 is 1.56 bits per heavy atom. The van der Waals surface area contributed by atoms with Gasteiger partial charge >= 0.3 is 0 Å². The first-order valence-electron chi connectivity index (χ1n) is 5.32. The van der Waals surface area contributed by atoms with Crippen LogP contribution in [0.25, 0.3) is 0 Å². The van der Waals surface area contributed by atoms with E-state index in [1.807, 2.05) is 0 Å². The van der Waals surface area contributed by atoms with Gasteiger partial charge in [-0.3, -0.25) is 4.79 Å². The molecule has 0 aliphatic carbocycles. The Hall–Kier alpha value is -0.690. The molecule has 4 N–H and O–H groups in total. The van der Waals surface area contributed by atoms with Gasteiger partial charge < -0.3 is 25.4 Å². The number of amides is 1. The molecule has 0 spiro atoms. The second-order valence-corrected chi connectivity index (χ2v) is 4.21. The molecule has 4 atom stereocenters. The highest BCUT2D eigenvalue weighted by atomic mass is 16.5. The summed E-state index contributed by atoms with van der Waals surface area (Å²) in [5.41, 5.74) is -1.53. The number of carbonyl (C=O) groups excluding carboxylic acids is 1. The van der Waals surface area contributed by atoms with E-state index < -0.39 is 23.9 Å². The van der Waals surface area contributed by atoms with E-state index in [1.165, 1.54) is 6.92 Å². The molecule has 6 heteroatoms. The van der Waals surface area contributed by atoms with Crippen molar-refractivity contribution in [3.8, 4) is 0 Å². The molecule has 6 nitrogen and oxygen atoms in total. The second kappa shape index (κ2) is 5.09. The van der Waals surface area contributed by atoms with Crippen molar-refractivity contribution in [1.29, 1.82) is 0 Å². The Morgan fingerprint density at radius 2 is 2.19 bits per heavy atom. The number of aliphatic hydroxyl groups is 3. The highest BCUT2D eigenvalue weighted by Crippen LogP contribution is 2.29. The van der Waals surface area contributed by atoms with Gasteiger partial charge in [-0.25, -0.2) is 0 Å². The van der Waals surface area contributed by atoms with Crippen LogP contribution < -0.4 is 5.32 Å². The molecule has 1 fully saturated rings. The van der Waals surface area contributed by atoms with Crippen LogP contribution in [0, 0.1) is 0 Å². The Labute approximate surface area is 94.2 Å². The number of nitrogens with one attached hydrogen (secondary N) is 1. The van der Waals surface area contributed by atoms with Crippen LogP contribution in [0.3, 0.4) is 0 Å². The number of aliphatic hydroxyl groups excluding tert-OH is 2. The molecule has 0 radical (unpaired) electrons. The summed E-state index contributed by atoms with van der Waals surface area (Å²) in [6.07, 6.45) is -2.81. The molecule has 0 bridgehead atoms. The summed E-state index contributed by atoms with van der Waals surface area (Å²) in [4.78, 5) is 10.7. The third-order valence-electron chi connectivity index (χ3n) is 3.00. The topological polar surface area (TPSA) is 99.0 Å². The summed E-state index contributed by atoms with van der Waals surface area (Å²) in [5, 5.41) is 31.9. The zero-order valence-electron chi connectivity index (χ0n) is 9.51. The maximum Gasteiger partial charge on any atom is 0.216 e. The van der Waals surface area contributed by atoms with Gasteiger partial charge in [-0.15, -0.1) is 0 Å². The fraction of sp³-hybridized carbons (Fsp3) is 0.900. The highest BCUT2D eigenvalue weighted by Gasteiger charge is 2.48. The van der Waals surface area contributed by atoms with Crippen LogP contribution in [0.15, 0.2) is 0 Å². The number of rotatable bonds is 3. The van der Waals surface area contributed by atoms with Gasteiger partial charge in [-0.2, -0.15) is 0 Å². The van der Waals surface area contributed by atoms with Crippen LogP contribution in [0.4, 0.5) is 0 Å². The predicted molar refractivity (Wildman–Crippen MR) is 55.7 cm³/mol. The zero-order chi connectivity index (χ0) is 12.3. The molecule has 0 aromatic rings. The van der Waals surface area contributed by atoms with Gasteiger partial charge in [0, 0.05) is 13.5 Å². The maximum atomic E-state index is 10.7. The first-order chi connectivity index (χ1) is 7.38. The Balaban J connectivity index is 2.59. The third kappa shape index (κ3) is 2.70. The molecular weight excluding hydrogens is 214 g/mol. The molecule has 1 rings (SSSR count). The minimum atomic E-state index is -1.53. The highest BCUT2D eigenvalue weighted by molar-refractivity contribution is 5.72. The summed E-state index contributed by atoms with van der Waals surface area (Å²) in [6.45, 7) is 3.23. The van der Waals surface area contributed by atoms with Crippen LogP contribution in [0.1, 0.15) is 20.3 Å². The number of carbonyl (C=O) groups is 1. The normalized spacial score (nSPS) is 39.4. The van der Waals surface area contributed by atoms with E-state index in [-0.39, 0.29) is 25.5 Å². The van der Waals surface area contributed by atoms with Crippen LogP contribution in [0.5, 0.6) is 0 Å². The lowest BCUT2D eigenvalue weighted by Gasteiger charge is -2.44. The summed E-state index contributed by atoms with van der Waals surface area (Å²) >= 11 is 0. The molecule has 16 heavy (non-hydrogen) atoms. The first kappa shape index (κ1) is 13.4. The minimum absolute atomic E-state index is 0.00474. The fourth-order valence-electron chi connectivity index (χ4n) is 1.84. The van der Waals surface area contributed by atoms with E-state index in [1.54, 1.807) is 6.92 Å².